The minimum atomic E-state index is -0.924. The molecular formula is C20H42O4. The van der Waals surface area contributed by atoms with E-state index in [1.165, 1.54) is 44.9 Å². The second kappa shape index (κ2) is 16.3. The van der Waals surface area contributed by atoms with Crippen LogP contribution in [0.2, 0.25) is 0 Å². The topological polar surface area (TPSA) is 36.9 Å². The first-order valence-corrected chi connectivity index (χ1v) is 9.93. The van der Waals surface area contributed by atoms with E-state index in [0.29, 0.717) is 0 Å². The van der Waals surface area contributed by atoms with Gasteiger partial charge in [0.2, 0.25) is 0 Å². The first kappa shape index (κ1) is 23.8. The van der Waals surface area contributed by atoms with Crippen molar-refractivity contribution >= 4 is 0 Å². The zero-order valence-corrected chi connectivity index (χ0v) is 16.9. The molecule has 1 atom stereocenters. The molecule has 4 nitrogen and oxygen atoms in total. The van der Waals surface area contributed by atoms with Gasteiger partial charge >= 0.3 is 0 Å². The number of hydrogen-bond donors (Lipinski definition) is 0. The number of unbranched alkanes of at least 4 members (excludes halogenated alkanes) is 6. The maximum Gasteiger partial charge on any atom is 0.285 e. The van der Waals surface area contributed by atoms with Gasteiger partial charge in [-0.25, -0.2) is 0 Å². The van der Waals surface area contributed by atoms with Gasteiger partial charge in [-0.15, -0.1) is 0 Å². The van der Waals surface area contributed by atoms with Gasteiger partial charge in [-0.3, -0.25) is 0 Å². The van der Waals surface area contributed by atoms with Crippen LogP contribution in [0, 0.1) is 5.92 Å². The Labute approximate surface area is 150 Å². The van der Waals surface area contributed by atoms with Gasteiger partial charge in [0.25, 0.3) is 5.97 Å². The molecular weight excluding hydrogens is 304 g/mol. The Morgan fingerprint density at radius 3 is 1.71 bits per heavy atom. The second-order valence-corrected chi connectivity index (χ2v) is 6.58. The molecule has 0 rings (SSSR count). The molecule has 0 saturated heterocycles. The standard InChI is InChI=1S/C20H42O4/c1-6-8-10-11-12-13-15-19(20(21-3,22-4)23-5)16-14-18-24-17-9-7-2/h19H,6-18H2,1-5H3. The van der Waals surface area contributed by atoms with Crippen LogP contribution < -0.4 is 0 Å². The molecule has 0 spiro atoms. The molecule has 24 heavy (non-hydrogen) atoms. The zero-order valence-electron chi connectivity index (χ0n) is 16.9. The molecule has 0 amide bonds. The second-order valence-electron chi connectivity index (χ2n) is 6.58. The molecule has 0 N–H and O–H groups in total. The summed E-state index contributed by atoms with van der Waals surface area (Å²) in [6.45, 7) is 6.11. The summed E-state index contributed by atoms with van der Waals surface area (Å²) < 4.78 is 22.5. The fraction of sp³-hybridized carbons (Fsp3) is 1.00. The molecule has 0 fully saturated rings. The summed E-state index contributed by atoms with van der Waals surface area (Å²) in [7, 11) is 5.00. The summed E-state index contributed by atoms with van der Waals surface area (Å²) in [5.74, 6) is -0.689. The van der Waals surface area contributed by atoms with Crippen molar-refractivity contribution in [1.82, 2.24) is 0 Å². The molecule has 0 aliphatic rings. The molecule has 1 unspecified atom stereocenters. The Kier molecular flexibility index (Phi) is 16.2. The van der Waals surface area contributed by atoms with Crippen LogP contribution in [0.3, 0.4) is 0 Å². The zero-order chi connectivity index (χ0) is 18.1. The van der Waals surface area contributed by atoms with Crippen molar-refractivity contribution in [1.29, 1.82) is 0 Å². The van der Waals surface area contributed by atoms with E-state index in [1.54, 1.807) is 21.3 Å². The molecule has 0 bridgehead atoms. The van der Waals surface area contributed by atoms with E-state index in [2.05, 4.69) is 13.8 Å². The van der Waals surface area contributed by atoms with Gasteiger partial charge in [-0.2, -0.15) is 0 Å². The molecule has 146 valence electrons. The smallest absolute Gasteiger partial charge is 0.285 e. The fourth-order valence-corrected chi connectivity index (χ4v) is 3.20. The largest absolute Gasteiger partial charge is 0.381 e. The van der Waals surface area contributed by atoms with Crippen LogP contribution in [-0.4, -0.2) is 40.5 Å². The molecule has 0 aromatic rings. The normalized spacial score (nSPS) is 13.4. The fourth-order valence-electron chi connectivity index (χ4n) is 3.20. The van der Waals surface area contributed by atoms with E-state index in [0.717, 1.165) is 38.9 Å². The van der Waals surface area contributed by atoms with Crippen LogP contribution in [0.1, 0.15) is 84.5 Å². The van der Waals surface area contributed by atoms with Gasteiger partial charge in [0.15, 0.2) is 0 Å². The van der Waals surface area contributed by atoms with E-state index >= 15 is 0 Å². The number of methoxy groups -OCH3 is 3. The lowest BCUT2D eigenvalue weighted by atomic mass is 9.93. The number of hydrogen-bond acceptors (Lipinski definition) is 4. The monoisotopic (exact) mass is 346 g/mol. The molecule has 0 saturated carbocycles. The highest BCUT2D eigenvalue weighted by Gasteiger charge is 2.39. The molecule has 4 heteroatoms. The SMILES string of the molecule is CCCCCCCCC(CCCOCCCC)C(OC)(OC)OC. The average Bonchev–Trinajstić information content (AvgIpc) is 2.62. The average molecular weight is 347 g/mol. The molecule has 0 aliphatic carbocycles. The maximum atomic E-state index is 5.69. The molecule has 0 radical (unpaired) electrons. The van der Waals surface area contributed by atoms with Crippen molar-refractivity contribution < 1.29 is 18.9 Å². The van der Waals surface area contributed by atoms with Crippen molar-refractivity contribution in [2.24, 2.45) is 5.92 Å². The maximum absolute atomic E-state index is 5.69. The Morgan fingerprint density at radius 2 is 1.12 bits per heavy atom. The molecule has 0 aromatic carbocycles. The lowest BCUT2D eigenvalue weighted by molar-refractivity contribution is -0.380. The Bertz CT molecular complexity index is 230. The lowest BCUT2D eigenvalue weighted by Crippen LogP contribution is -2.44. The van der Waals surface area contributed by atoms with Crippen LogP contribution in [-0.2, 0) is 18.9 Å². The van der Waals surface area contributed by atoms with E-state index < -0.39 is 5.97 Å². The summed E-state index contributed by atoms with van der Waals surface area (Å²) in [4.78, 5) is 0. The van der Waals surface area contributed by atoms with E-state index in [1.807, 2.05) is 0 Å². The predicted octanol–water partition coefficient (Wildman–Crippen LogP) is 5.54. The van der Waals surface area contributed by atoms with Crippen molar-refractivity contribution in [3.63, 3.8) is 0 Å². The van der Waals surface area contributed by atoms with Crippen molar-refractivity contribution in [2.75, 3.05) is 34.5 Å². The third-order valence-corrected chi connectivity index (χ3v) is 4.74. The minimum absolute atomic E-state index is 0.235. The van der Waals surface area contributed by atoms with Gasteiger partial charge in [-0.1, -0.05) is 58.8 Å². The molecule has 0 aromatic heterocycles. The number of ether oxygens (including phenoxy) is 4. The summed E-state index contributed by atoms with van der Waals surface area (Å²) >= 11 is 0. The summed E-state index contributed by atoms with van der Waals surface area (Å²) in [6, 6.07) is 0. The van der Waals surface area contributed by atoms with E-state index in [4.69, 9.17) is 18.9 Å². The minimum Gasteiger partial charge on any atom is -0.381 e. The number of rotatable bonds is 18. The third kappa shape index (κ3) is 9.97. The Balaban J connectivity index is 4.28. The highest BCUT2D eigenvalue weighted by molar-refractivity contribution is 4.71. The van der Waals surface area contributed by atoms with Crippen LogP contribution in [0.5, 0.6) is 0 Å². The van der Waals surface area contributed by atoms with Gasteiger partial charge < -0.3 is 18.9 Å². The van der Waals surface area contributed by atoms with Gasteiger partial charge in [-0.05, 0) is 25.7 Å². The summed E-state index contributed by atoms with van der Waals surface area (Å²) in [5.41, 5.74) is 0. The lowest BCUT2D eigenvalue weighted by Gasteiger charge is -2.36. The Hall–Kier alpha value is -0.160. The van der Waals surface area contributed by atoms with Gasteiger partial charge in [0.1, 0.15) is 0 Å². The van der Waals surface area contributed by atoms with Crippen LogP contribution >= 0.6 is 0 Å². The van der Waals surface area contributed by atoms with E-state index in [-0.39, 0.29) is 5.92 Å². The van der Waals surface area contributed by atoms with Crippen LogP contribution in [0.4, 0.5) is 0 Å². The first-order valence-electron chi connectivity index (χ1n) is 9.93. The predicted molar refractivity (Wildman–Crippen MR) is 100 cm³/mol. The van der Waals surface area contributed by atoms with Crippen LogP contribution in [0.25, 0.3) is 0 Å². The first-order chi connectivity index (χ1) is 11.7. The summed E-state index contributed by atoms with van der Waals surface area (Å²) in [5, 5.41) is 0. The van der Waals surface area contributed by atoms with Crippen molar-refractivity contribution in [2.45, 2.75) is 90.4 Å². The van der Waals surface area contributed by atoms with E-state index in [9.17, 15) is 0 Å². The van der Waals surface area contributed by atoms with Gasteiger partial charge in [0.05, 0.1) is 0 Å². The highest BCUT2D eigenvalue weighted by atomic mass is 16.9. The van der Waals surface area contributed by atoms with Crippen molar-refractivity contribution in [3.05, 3.63) is 0 Å². The highest BCUT2D eigenvalue weighted by Crippen LogP contribution is 2.32. The Morgan fingerprint density at radius 1 is 0.625 bits per heavy atom. The van der Waals surface area contributed by atoms with Gasteiger partial charge in [0, 0.05) is 40.5 Å². The third-order valence-electron chi connectivity index (χ3n) is 4.74. The molecule has 0 heterocycles. The summed E-state index contributed by atoms with van der Waals surface area (Å²) in [6.07, 6.45) is 13.2. The van der Waals surface area contributed by atoms with Crippen molar-refractivity contribution in [3.8, 4) is 0 Å². The quantitative estimate of drug-likeness (QED) is 0.241. The van der Waals surface area contributed by atoms with Crippen LogP contribution in [0.15, 0.2) is 0 Å². The molecule has 0 aliphatic heterocycles.